The molecule has 0 saturated carbocycles. The Balaban J connectivity index is 2.48. The summed E-state index contributed by atoms with van der Waals surface area (Å²) in [6.45, 7) is 20.4. The van der Waals surface area contributed by atoms with Gasteiger partial charge >= 0.3 is 0 Å². The van der Waals surface area contributed by atoms with E-state index in [1.165, 1.54) is 0 Å². The van der Waals surface area contributed by atoms with Gasteiger partial charge in [0.05, 0.1) is 16.8 Å². The maximum absolute atomic E-state index is 11.5. The molecule has 2 aliphatic rings. The maximum Gasteiger partial charge on any atom is 0.0740 e. The molecule has 0 spiro atoms. The number of ether oxygens (including phenoxy) is 1. The van der Waals surface area contributed by atoms with E-state index in [1.54, 1.807) is 0 Å². The molecule has 0 aromatic rings. The normalized spacial score (nSPS) is 39.9. The van der Waals surface area contributed by atoms with Crippen LogP contribution in [0.4, 0.5) is 0 Å². The molecule has 2 aliphatic heterocycles. The van der Waals surface area contributed by atoms with E-state index in [0.717, 1.165) is 38.5 Å². The zero-order chi connectivity index (χ0) is 17.9. The van der Waals surface area contributed by atoms with Gasteiger partial charge < -0.3 is 9.84 Å². The summed E-state index contributed by atoms with van der Waals surface area (Å²) >= 11 is 0. The van der Waals surface area contributed by atoms with Crippen molar-refractivity contribution in [2.24, 2.45) is 16.2 Å². The topological polar surface area (TPSA) is 29.5 Å². The third kappa shape index (κ3) is 2.99. The van der Waals surface area contributed by atoms with Crippen LogP contribution in [-0.4, -0.2) is 21.9 Å². The van der Waals surface area contributed by atoms with E-state index < -0.39 is 5.60 Å². The van der Waals surface area contributed by atoms with Gasteiger partial charge in [0.2, 0.25) is 0 Å². The first kappa shape index (κ1) is 19.2. The van der Waals surface area contributed by atoms with Gasteiger partial charge in [-0.15, -0.1) is 0 Å². The van der Waals surface area contributed by atoms with E-state index in [9.17, 15) is 5.11 Å². The molecule has 0 aromatic heterocycles. The number of hydrogen-bond donors (Lipinski definition) is 1. The molecular formula is C21H40O2. The Bertz CT molecular complexity index is 414. The summed E-state index contributed by atoms with van der Waals surface area (Å²) in [5.41, 5.74) is -0.734. The van der Waals surface area contributed by atoms with E-state index in [2.05, 4.69) is 62.3 Å². The van der Waals surface area contributed by atoms with Crippen LogP contribution in [0.25, 0.3) is 0 Å². The van der Waals surface area contributed by atoms with Crippen molar-refractivity contribution < 1.29 is 9.84 Å². The number of rotatable bonds is 0. The molecule has 0 aromatic carbocycles. The lowest BCUT2D eigenvalue weighted by Crippen LogP contribution is -2.55. The van der Waals surface area contributed by atoms with Gasteiger partial charge in [-0.3, -0.25) is 0 Å². The zero-order valence-electron chi connectivity index (χ0n) is 17.1. The molecule has 2 bridgehead atoms. The summed E-state index contributed by atoms with van der Waals surface area (Å²) in [5, 5.41) is 11.5. The van der Waals surface area contributed by atoms with Gasteiger partial charge in [-0.25, -0.2) is 0 Å². The first-order valence-corrected chi connectivity index (χ1v) is 9.50. The van der Waals surface area contributed by atoms with E-state index >= 15 is 0 Å². The summed E-state index contributed by atoms with van der Waals surface area (Å²) in [6.07, 6.45) is 5.84. The Morgan fingerprint density at radius 2 is 0.870 bits per heavy atom. The fraction of sp³-hybridized carbons (Fsp3) is 1.00. The molecular weight excluding hydrogens is 284 g/mol. The highest BCUT2D eigenvalue weighted by molar-refractivity contribution is 5.11. The van der Waals surface area contributed by atoms with Crippen LogP contribution in [0, 0.1) is 16.2 Å². The first-order chi connectivity index (χ1) is 10.1. The molecule has 0 amide bonds. The van der Waals surface area contributed by atoms with Gasteiger partial charge in [0.1, 0.15) is 0 Å². The highest BCUT2D eigenvalue weighted by Gasteiger charge is 2.61. The van der Waals surface area contributed by atoms with Crippen molar-refractivity contribution in [1.29, 1.82) is 0 Å². The van der Waals surface area contributed by atoms with Crippen LogP contribution >= 0.6 is 0 Å². The third-order valence-electron chi connectivity index (χ3n) is 7.34. The monoisotopic (exact) mass is 324 g/mol. The molecule has 0 radical (unpaired) electrons. The number of aliphatic hydroxyl groups is 1. The fourth-order valence-electron chi connectivity index (χ4n) is 4.73. The maximum atomic E-state index is 11.5. The van der Waals surface area contributed by atoms with Crippen LogP contribution in [0.5, 0.6) is 0 Å². The van der Waals surface area contributed by atoms with Gasteiger partial charge in [-0.2, -0.15) is 0 Å². The summed E-state index contributed by atoms with van der Waals surface area (Å²) in [6, 6.07) is 0. The molecule has 0 aliphatic carbocycles. The van der Waals surface area contributed by atoms with Gasteiger partial charge in [0.25, 0.3) is 0 Å². The summed E-state index contributed by atoms with van der Waals surface area (Å²) < 4.78 is 7.00. The van der Waals surface area contributed by atoms with Crippen LogP contribution in [0.1, 0.15) is 101 Å². The lowest BCUT2D eigenvalue weighted by Gasteiger charge is -2.53. The SMILES string of the molecule is CC(C)(C)C1(O)CC[C@]2(C(C)(C)C)CC[C@](C(C)(C)C)(CC1)O2. The predicted octanol–water partition coefficient (Wildman–Crippen LogP) is 5.72. The average molecular weight is 325 g/mol. The first-order valence-electron chi connectivity index (χ1n) is 9.50. The molecule has 1 N–H and O–H groups in total. The number of fused-ring (bicyclic) bond motifs is 2. The highest BCUT2D eigenvalue weighted by Crippen LogP contribution is 2.60. The van der Waals surface area contributed by atoms with Crippen LogP contribution in [0.15, 0.2) is 0 Å². The molecule has 2 saturated heterocycles. The Morgan fingerprint density at radius 1 is 0.565 bits per heavy atom. The minimum absolute atomic E-state index is 0.0934. The fourth-order valence-corrected chi connectivity index (χ4v) is 4.73. The smallest absolute Gasteiger partial charge is 0.0740 e. The van der Waals surface area contributed by atoms with Crippen LogP contribution in [0.3, 0.4) is 0 Å². The highest BCUT2D eigenvalue weighted by atomic mass is 16.5. The lowest BCUT2D eigenvalue weighted by atomic mass is 9.64. The second-order valence-corrected chi connectivity index (χ2v) is 11.4. The molecule has 2 heteroatoms. The molecule has 1 unspecified atom stereocenters. The Kier molecular flexibility index (Phi) is 4.36. The van der Waals surface area contributed by atoms with Crippen molar-refractivity contribution in [3.8, 4) is 0 Å². The molecule has 136 valence electrons. The van der Waals surface area contributed by atoms with Crippen LogP contribution < -0.4 is 0 Å². The van der Waals surface area contributed by atoms with Crippen molar-refractivity contribution in [3.05, 3.63) is 0 Å². The van der Waals surface area contributed by atoms with E-state index in [1.807, 2.05) is 0 Å². The average Bonchev–Trinajstić information content (AvgIpc) is 2.73. The van der Waals surface area contributed by atoms with E-state index in [-0.39, 0.29) is 27.4 Å². The summed E-state index contributed by atoms with van der Waals surface area (Å²) in [5.74, 6) is 0. The molecule has 2 rings (SSSR count). The van der Waals surface area contributed by atoms with Gasteiger partial charge in [0.15, 0.2) is 0 Å². The Labute approximate surface area is 144 Å². The second-order valence-electron chi connectivity index (χ2n) is 11.4. The third-order valence-corrected chi connectivity index (χ3v) is 7.34. The summed E-state index contributed by atoms with van der Waals surface area (Å²) in [4.78, 5) is 0. The molecule has 2 fully saturated rings. The van der Waals surface area contributed by atoms with Crippen LogP contribution in [0.2, 0.25) is 0 Å². The van der Waals surface area contributed by atoms with E-state index in [4.69, 9.17) is 4.74 Å². The second kappa shape index (κ2) is 5.21. The number of hydrogen-bond acceptors (Lipinski definition) is 2. The largest absolute Gasteiger partial charge is 0.389 e. The van der Waals surface area contributed by atoms with E-state index in [0.29, 0.717) is 0 Å². The zero-order valence-corrected chi connectivity index (χ0v) is 17.1. The lowest BCUT2D eigenvalue weighted by molar-refractivity contribution is -0.223. The predicted molar refractivity (Wildman–Crippen MR) is 97.6 cm³/mol. The minimum Gasteiger partial charge on any atom is -0.389 e. The van der Waals surface area contributed by atoms with Crippen molar-refractivity contribution in [2.45, 2.75) is 118 Å². The van der Waals surface area contributed by atoms with Crippen molar-refractivity contribution in [3.63, 3.8) is 0 Å². The van der Waals surface area contributed by atoms with Crippen molar-refractivity contribution in [1.82, 2.24) is 0 Å². The Hall–Kier alpha value is -0.0800. The molecule has 3 atom stereocenters. The molecule has 2 nitrogen and oxygen atoms in total. The minimum atomic E-state index is -0.603. The van der Waals surface area contributed by atoms with Crippen LogP contribution in [-0.2, 0) is 4.74 Å². The molecule has 23 heavy (non-hydrogen) atoms. The summed E-state index contributed by atoms with van der Waals surface area (Å²) in [7, 11) is 0. The Morgan fingerprint density at radius 3 is 1.13 bits per heavy atom. The van der Waals surface area contributed by atoms with Gasteiger partial charge in [-0.05, 0) is 54.8 Å². The van der Waals surface area contributed by atoms with Gasteiger partial charge in [0, 0.05) is 0 Å². The molecule has 2 heterocycles. The van der Waals surface area contributed by atoms with Crippen molar-refractivity contribution in [2.75, 3.05) is 0 Å². The van der Waals surface area contributed by atoms with Gasteiger partial charge in [-0.1, -0.05) is 62.3 Å². The quantitative estimate of drug-likeness (QED) is 0.617. The van der Waals surface area contributed by atoms with Crippen molar-refractivity contribution >= 4 is 0 Å². The standard InChI is InChI=1S/C21H40O2/c1-16(2,3)19(22)10-12-20(17(4,5)6)14-15-21(23-20,13-11-19)18(7,8)9/h22H,10-15H2,1-9H3/t19?,20-,21+.